The Morgan fingerprint density at radius 1 is 0.941 bits per heavy atom. The number of fused-ring (bicyclic) bond motifs is 3. The highest BCUT2D eigenvalue weighted by atomic mass is 35.5. The summed E-state index contributed by atoms with van der Waals surface area (Å²) >= 11 is 6.06. The van der Waals surface area contributed by atoms with Gasteiger partial charge in [0.25, 0.3) is 0 Å². The van der Waals surface area contributed by atoms with Crippen molar-refractivity contribution in [1.82, 2.24) is 4.57 Å². The first-order chi connectivity index (χ1) is 16.5. The quantitative estimate of drug-likeness (QED) is 0.378. The number of nitrogens with one attached hydrogen (secondary N) is 2. The maximum atomic E-state index is 13.0. The third kappa shape index (κ3) is 3.78. The van der Waals surface area contributed by atoms with Gasteiger partial charge in [0.05, 0.1) is 10.6 Å². The van der Waals surface area contributed by atoms with Crippen LogP contribution in [0.1, 0.15) is 25.3 Å². The summed E-state index contributed by atoms with van der Waals surface area (Å²) in [4.78, 5) is 25.8. The maximum Gasteiger partial charge on any atom is 0.228 e. The van der Waals surface area contributed by atoms with Gasteiger partial charge < -0.3 is 15.2 Å². The second-order valence-electron chi connectivity index (χ2n) is 8.57. The molecule has 2 N–H and O–H groups in total. The first kappa shape index (κ1) is 22.0. The summed E-state index contributed by atoms with van der Waals surface area (Å²) in [7, 11) is 0. The molecule has 0 aliphatic heterocycles. The van der Waals surface area contributed by atoms with E-state index in [0.717, 1.165) is 28.5 Å². The number of anilines is 2. The highest BCUT2D eigenvalue weighted by Crippen LogP contribution is 2.37. The van der Waals surface area contributed by atoms with E-state index in [1.807, 2.05) is 36.4 Å². The van der Waals surface area contributed by atoms with Crippen molar-refractivity contribution in [3.05, 3.63) is 71.2 Å². The molecule has 6 nitrogen and oxygen atoms in total. The van der Waals surface area contributed by atoms with Gasteiger partial charge in [-0.15, -0.1) is 0 Å². The molecule has 1 saturated carbocycles. The molecule has 1 aliphatic carbocycles. The van der Waals surface area contributed by atoms with Crippen LogP contribution >= 0.6 is 11.6 Å². The Bertz CT molecular complexity index is 1480. The Kier molecular flexibility index (Phi) is 5.72. The highest BCUT2D eigenvalue weighted by molar-refractivity contribution is 6.32. The normalized spacial score (nSPS) is 17.2. The molecule has 1 aromatic heterocycles. The van der Waals surface area contributed by atoms with Crippen LogP contribution < -0.4 is 10.6 Å². The Hall–Kier alpha value is -3.82. The average Bonchev–Trinajstić information content (AvgIpc) is 3.11. The van der Waals surface area contributed by atoms with Crippen molar-refractivity contribution in [3.8, 4) is 6.07 Å². The zero-order chi connectivity index (χ0) is 23.8. The van der Waals surface area contributed by atoms with Crippen LogP contribution in [-0.4, -0.2) is 16.4 Å². The van der Waals surface area contributed by atoms with Gasteiger partial charge in [0.15, 0.2) is 0 Å². The molecule has 1 aliphatic rings. The Labute approximate surface area is 202 Å². The summed E-state index contributed by atoms with van der Waals surface area (Å²) in [6, 6.07) is 21.0. The first-order valence-electron chi connectivity index (χ1n) is 11.3. The van der Waals surface area contributed by atoms with Crippen LogP contribution in [0, 0.1) is 23.2 Å². The summed E-state index contributed by atoms with van der Waals surface area (Å²) in [6.07, 6.45) is 1.31. The van der Waals surface area contributed by atoms with Gasteiger partial charge in [-0.2, -0.15) is 5.26 Å². The van der Waals surface area contributed by atoms with Crippen molar-refractivity contribution in [2.45, 2.75) is 26.3 Å². The van der Waals surface area contributed by atoms with E-state index >= 15 is 0 Å². The molecule has 0 bridgehead atoms. The lowest BCUT2D eigenvalue weighted by Gasteiger charge is -2.34. The molecule has 5 rings (SSSR count). The monoisotopic (exact) mass is 470 g/mol. The second-order valence-corrected chi connectivity index (χ2v) is 8.98. The van der Waals surface area contributed by atoms with E-state index in [-0.39, 0.29) is 22.8 Å². The van der Waals surface area contributed by atoms with Gasteiger partial charge in [-0.1, -0.05) is 29.8 Å². The lowest BCUT2D eigenvalue weighted by molar-refractivity contribution is -0.134. The number of amides is 2. The molecule has 7 heteroatoms. The van der Waals surface area contributed by atoms with Crippen molar-refractivity contribution in [3.63, 3.8) is 0 Å². The van der Waals surface area contributed by atoms with Crippen LogP contribution in [0.2, 0.25) is 5.02 Å². The van der Waals surface area contributed by atoms with Gasteiger partial charge in [0.1, 0.15) is 6.07 Å². The van der Waals surface area contributed by atoms with Crippen LogP contribution in [0.5, 0.6) is 0 Å². The summed E-state index contributed by atoms with van der Waals surface area (Å²) in [5.74, 6) is -1.15. The molecule has 2 unspecified atom stereocenters. The number of aromatic nitrogens is 1. The van der Waals surface area contributed by atoms with Crippen molar-refractivity contribution in [2.75, 3.05) is 10.6 Å². The van der Waals surface area contributed by atoms with Crippen molar-refractivity contribution in [2.24, 2.45) is 11.8 Å². The van der Waals surface area contributed by atoms with Crippen molar-refractivity contribution >= 4 is 56.6 Å². The SMILES string of the molecule is CCn1c2ccccc2c2cc(NC(=O)C3CCC3C(=O)Nc3ccc(C#N)c(Cl)c3)ccc21. The number of rotatable bonds is 5. The minimum absolute atomic E-state index is 0.150. The van der Waals surface area contributed by atoms with E-state index in [1.54, 1.807) is 18.2 Å². The first-order valence-corrected chi connectivity index (χ1v) is 11.7. The molecule has 0 saturated heterocycles. The summed E-state index contributed by atoms with van der Waals surface area (Å²) < 4.78 is 2.26. The molecule has 1 fully saturated rings. The molecule has 0 radical (unpaired) electrons. The summed E-state index contributed by atoms with van der Waals surface area (Å²) in [5, 5.41) is 17.4. The van der Waals surface area contributed by atoms with Crippen LogP contribution in [0.3, 0.4) is 0 Å². The van der Waals surface area contributed by atoms with Gasteiger partial charge in [-0.05, 0) is 62.2 Å². The van der Waals surface area contributed by atoms with Gasteiger partial charge >= 0.3 is 0 Å². The fourth-order valence-electron chi connectivity index (χ4n) is 4.75. The second kappa shape index (κ2) is 8.85. The number of para-hydroxylation sites is 1. The third-order valence-electron chi connectivity index (χ3n) is 6.66. The van der Waals surface area contributed by atoms with Crippen molar-refractivity contribution < 1.29 is 9.59 Å². The van der Waals surface area contributed by atoms with E-state index in [4.69, 9.17) is 16.9 Å². The minimum Gasteiger partial charge on any atom is -0.341 e. The number of carbonyl (C=O) groups is 2. The van der Waals surface area contributed by atoms with E-state index in [9.17, 15) is 9.59 Å². The fourth-order valence-corrected chi connectivity index (χ4v) is 4.98. The number of benzene rings is 3. The van der Waals surface area contributed by atoms with Crippen LogP contribution in [0.25, 0.3) is 21.8 Å². The molecule has 2 amide bonds. The maximum absolute atomic E-state index is 13.0. The molecular formula is C27H23ClN4O2. The van der Waals surface area contributed by atoms with Crippen LogP contribution in [-0.2, 0) is 16.1 Å². The van der Waals surface area contributed by atoms with E-state index in [0.29, 0.717) is 24.1 Å². The number of nitriles is 1. The zero-order valence-electron chi connectivity index (χ0n) is 18.6. The third-order valence-corrected chi connectivity index (χ3v) is 6.97. The van der Waals surface area contributed by atoms with Crippen LogP contribution in [0.15, 0.2) is 60.7 Å². The van der Waals surface area contributed by atoms with Crippen LogP contribution in [0.4, 0.5) is 11.4 Å². The summed E-state index contributed by atoms with van der Waals surface area (Å²) in [6.45, 7) is 2.98. The lowest BCUT2D eigenvalue weighted by Crippen LogP contribution is -2.43. The van der Waals surface area contributed by atoms with E-state index in [1.165, 1.54) is 5.52 Å². The number of nitrogens with zero attached hydrogens (tertiary/aromatic N) is 2. The summed E-state index contributed by atoms with van der Waals surface area (Å²) in [5.41, 5.74) is 3.88. The predicted octanol–water partition coefficient (Wildman–Crippen LogP) is 5.94. The number of hydrogen-bond acceptors (Lipinski definition) is 3. The van der Waals surface area contributed by atoms with Gasteiger partial charge in [0.2, 0.25) is 11.8 Å². The molecule has 34 heavy (non-hydrogen) atoms. The Morgan fingerprint density at radius 3 is 2.18 bits per heavy atom. The molecule has 4 aromatic rings. The number of aryl methyl sites for hydroxylation is 1. The Balaban J connectivity index is 1.31. The van der Waals surface area contributed by atoms with Gasteiger partial charge in [-0.3, -0.25) is 9.59 Å². The number of hydrogen-bond donors (Lipinski definition) is 2. The predicted molar refractivity (Wildman–Crippen MR) is 135 cm³/mol. The molecule has 170 valence electrons. The fraction of sp³-hybridized carbons (Fsp3) is 0.222. The minimum atomic E-state index is -0.403. The topological polar surface area (TPSA) is 86.9 Å². The largest absolute Gasteiger partial charge is 0.341 e. The van der Waals surface area contributed by atoms with Gasteiger partial charge in [0, 0.05) is 51.6 Å². The highest BCUT2D eigenvalue weighted by Gasteiger charge is 2.41. The number of halogens is 1. The van der Waals surface area contributed by atoms with Crippen molar-refractivity contribution in [1.29, 1.82) is 5.26 Å². The standard InChI is InChI=1S/C27H23ClN4O2/c1-2-32-24-6-4-3-5-19(24)22-13-17(9-12-25(22)32)30-26(33)20-10-11-21(20)27(34)31-18-8-7-16(15-29)23(28)14-18/h3-9,12-14,20-21H,2,10-11H2,1H3,(H,30,33)(H,31,34). The molecule has 3 aromatic carbocycles. The zero-order valence-corrected chi connectivity index (χ0v) is 19.4. The lowest BCUT2D eigenvalue weighted by atomic mass is 9.72. The van der Waals surface area contributed by atoms with E-state index in [2.05, 4.69) is 34.3 Å². The molecule has 2 atom stereocenters. The molecule has 1 heterocycles. The Morgan fingerprint density at radius 2 is 1.56 bits per heavy atom. The average molecular weight is 471 g/mol. The smallest absolute Gasteiger partial charge is 0.228 e. The number of carbonyl (C=O) groups excluding carboxylic acids is 2. The van der Waals surface area contributed by atoms with E-state index < -0.39 is 5.92 Å². The molecule has 0 spiro atoms. The molecular weight excluding hydrogens is 448 g/mol. The van der Waals surface area contributed by atoms with Gasteiger partial charge in [-0.25, -0.2) is 0 Å².